The molecule has 0 spiro atoms. The summed E-state index contributed by atoms with van der Waals surface area (Å²) in [5.74, 6) is -2.38. The molecule has 0 atom stereocenters. The van der Waals surface area contributed by atoms with Gasteiger partial charge in [-0.3, -0.25) is 4.72 Å². The van der Waals surface area contributed by atoms with E-state index >= 15 is 0 Å². The van der Waals surface area contributed by atoms with E-state index in [9.17, 15) is 26.7 Å². The number of nitrogens with zero attached hydrogens (tertiary/aromatic N) is 2. The number of thiazole rings is 1. The second kappa shape index (κ2) is 11.7. The first-order valence-electron chi connectivity index (χ1n) is 12.4. The predicted octanol–water partition coefficient (Wildman–Crippen LogP) is 6.72. The number of aryl methyl sites for hydroxylation is 1. The Bertz CT molecular complexity index is 1900. The van der Waals surface area contributed by atoms with Gasteiger partial charge in [0, 0.05) is 17.7 Å². The summed E-state index contributed by atoms with van der Waals surface area (Å²) < 4.78 is 75.8. The Kier molecular flexibility index (Phi) is 8.05. The van der Waals surface area contributed by atoms with Crippen molar-refractivity contribution in [3.8, 4) is 33.2 Å². The van der Waals surface area contributed by atoms with Gasteiger partial charge in [-0.15, -0.1) is 0 Å². The van der Waals surface area contributed by atoms with Gasteiger partial charge in [-0.25, -0.2) is 23.1 Å². The van der Waals surface area contributed by atoms with E-state index in [1.54, 1.807) is 37.3 Å². The van der Waals surface area contributed by atoms with Crippen molar-refractivity contribution in [3.05, 3.63) is 102 Å². The molecule has 0 amide bonds. The van der Waals surface area contributed by atoms with E-state index < -0.39 is 27.5 Å². The molecule has 0 saturated carbocycles. The number of aromatic nitrogens is 2. The zero-order chi connectivity index (χ0) is 30.0. The highest BCUT2D eigenvalue weighted by atomic mass is 32.2. The van der Waals surface area contributed by atoms with E-state index in [2.05, 4.69) is 20.0 Å². The van der Waals surface area contributed by atoms with Crippen molar-refractivity contribution in [2.45, 2.75) is 18.5 Å². The van der Waals surface area contributed by atoms with Crippen molar-refractivity contribution in [2.75, 3.05) is 17.1 Å². The molecule has 5 rings (SSSR count). The molecule has 0 unspecified atom stereocenters. The molecule has 0 aliphatic rings. The molecule has 5 aromatic rings. The van der Waals surface area contributed by atoms with Crippen molar-refractivity contribution in [2.24, 2.45) is 0 Å². The SMILES string of the molecule is COc1cccc(CNc2cnc(S(=O)(=O)Nc3nc(-c4ccc(F)c(F)c4)c(-c4cccc(F)c4)s3)c(C)c2)c1O. The molecule has 3 aromatic carbocycles. The third-order valence-corrected chi connectivity index (χ3v) is 8.75. The zero-order valence-corrected chi connectivity index (χ0v) is 23.8. The molecule has 216 valence electrons. The van der Waals surface area contributed by atoms with Gasteiger partial charge in [0.1, 0.15) is 5.82 Å². The molecule has 13 heteroatoms. The van der Waals surface area contributed by atoms with Crippen LogP contribution in [-0.4, -0.2) is 30.6 Å². The van der Waals surface area contributed by atoms with Crippen molar-refractivity contribution in [1.82, 2.24) is 9.97 Å². The first kappa shape index (κ1) is 28.9. The van der Waals surface area contributed by atoms with Crippen LogP contribution in [0, 0.1) is 24.4 Å². The largest absolute Gasteiger partial charge is 0.504 e. The molecule has 0 saturated heterocycles. The van der Waals surface area contributed by atoms with Gasteiger partial charge in [0.15, 0.2) is 33.3 Å². The summed E-state index contributed by atoms with van der Waals surface area (Å²) in [4.78, 5) is 8.82. The number of pyridine rings is 1. The Labute approximate surface area is 243 Å². The van der Waals surface area contributed by atoms with Crippen LogP contribution in [0.4, 0.5) is 24.0 Å². The number of aromatic hydroxyl groups is 1. The second-order valence-corrected chi connectivity index (χ2v) is 11.7. The number of para-hydroxylation sites is 1. The van der Waals surface area contributed by atoms with Crippen LogP contribution in [-0.2, 0) is 16.6 Å². The molecule has 3 N–H and O–H groups in total. The summed E-state index contributed by atoms with van der Waals surface area (Å²) in [6.45, 7) is 1.80. The summed E-state index contributed by atoms with van der Waals surface area (Å²) >= 11 is 0.908. The van der Waals surface area contributed by atoms with E-state index in [-0.39, 0.29) is 33.7 Å². The minimum absolute atomic E-state index is 0.00983. The molecular weight excluding hydrogens is 589 g/mol. The standard InChI is InChI=1S/C29H23F3N4O4S2/c1-16-11-21(33-14-19-6-4-8-24(40-2)26(19)37)15-34-28(16)42(38,39)36-29-35-25(17-9-10-22(31)23(32)13-17)27(41-29)18-5-3-7-20(30)12-18/h3-13,15,33,37H,14H2,1-2H3,(H,35,36). The van der Waals surface area contributed by atoms with E-state index in [4.69, 9.17) is 4.74 Å². The van der Waals surface area contributed by atoms with Crippen LogP contribution in [0.1, 0.15) is 11.1 Å². The summed E-state index contributed by atoms with van der Waals surface area (Å²) in [6.07, 6.45) is 1.34. The van der Waals surface area contributed by atoms with E-state index in [0.717, 1.165) is 23.5 Å². The Morgan fingerprint density at radius 1 is 0.976 bits per heavy atom. The molecule has 0 aliphatic carbocycles. The number of halogens is 3. The van der Waals surface area contributed by atoms with Gasteiger partial charge in [-0.05, 0) is 60.5 Å². The first-order chi connectivity index (χ1) is 20.1. The fourth-order valence-electron chi connectivity index (χ4n) is 4.20. The molecule has 0 bridgehead atoms. The smallest absolute Gasteiger partial charge is 0.281 e. The molecule has 0 aliphatic heterocycles. The van der Waals surface area contributed by atoms with Crippen LogP contribution in [0.15, 0.2) is 78.0 Å². The summed E-state index contributed by atoms with van der Waals surface area (Å²) in [6, 6.07) is 15.4. The highest BCUT2D eigenvalue weighted by Crippen LogP contribution is 2.40. The second-order valence-electron chi connectivity index (χ2n) is 9.11. The topological polar surface area (TPSA) is 113 Å². The van der Waals surface area contributed by atoms with Gasteiger partial charge >= 0.3 is 0 Å². The number of nitrogens with one attached hydrogen (secondary N) is 2. The van der Waals surface area contributed by atoms with E-state index in [0.29, 0.717) is 33.0 Å². The lowest BCUT2D eigenvalue weighted by molar-refractivity contribution is 0.371. The molecule has 0 radical (unpaired) electrons. The fourth-order valence-corrected chi connectivity index (χ4v) is 6.58. The molecule has 2 heterocycles. The predicted molar refractivity (Wildman–Crippen MR) is 155 cm³/mol. The quantitative estimate of drug-likeness (QED) is 0.169. The van der Waals surface area contributed by atoms with Gasteiger partial charge in [0.05, 0.1) is 29.6 Å². The molecule has 2 aromatic heterocycles. The van der Waals surface area contributed by atoms with Gasteiger partial charge in [-0.1, -0.05) is 35.6 Å². The number of phenols is 1. The van der Waals surface area contributed by atoms with Crippen LogP contribution in [0.5, 0.6) is 11.5 Å². The van der Waals surface area contributed by atoms with Crippen LogP contribution in [0.25, 0.3) is 21.7 Å². The van der Waals surface area contributed by atoms with Crippen molar-refractivity contribution >= 4 is 32.2 Å². The van der Waals surface area contributed by atoms with Crippen LogP contribution in [0.3, 0.4) is 0 Å². The Hall–Kier alpha value is -4.62. The highest BCUT2D eigenvalue weighted by molar-refractivity contribution is 7.92. The lowest BCUT2D eigenvalue weighted by Crippen LogP contribution is -2.16. The molecule has 42 heavy (non-hydrogen) atoms. The van der Waals surface area contributed by atoms with E-state index in [1.165, 1.54) is 37.6 Å². The number of methoxy groups -OCH3 is 1. The number of rotatable bonds is 9. The monoisotopic (exact) mass is 612 g/mol. The maximum Gasteiger partial charge on any atom is 0.281 e. The lowest BCUT2D eigenvalue weighted by Gasteiger charge is -2.12. The van der Waals surface area contributed by atoms with Crippen LogP contribution < -0.4 is 14.8 Å². The van der Waals surface area contributed by atoms with Crippen molar-refractivity contribution < 1.29 is 31.4 Å². The van der Waals surface area contributed by atoms with Gasteiger partial charge in [-0.2, -0.15) is 8.42 Å². The number of ether oxygens (including phenoxy) is 1. The average molecular weight is 613 g/mol. The Balaban J connectivity index is 1.42. The van der Waals surface area contributed by atoms with Gasteiger partial charge in [0.25, 0.3) is 10.0 Å². The highest BCUT2D eigenvalue weighted by Gasteiger charge is 2.24. The van der Waals surface area contributed by atoms with Crippen molar-refractivity contribution in [3.63, 3.8) is 0 Å². The maximum absolute atomic E-state index is 14.0. The minimum Gasteiger partial charge on any atom is -0.504 e. The fraction of sp³-hybridized carbons (Fsp3) is 0.103. The lowest BCUT2D eigenvalue weighted by atomic mass is 10.1. The van der Waals surface area contributed by atoms with E-state index in [1.807, 2.05) is 0 Å². The maximum atomic E-state index is 14.0. The number of hydrogen-bond donors (Lipinski definition) is 3. The number of hydrogen-bond acceptors (Lipinski definition) is 8. The molecule has 8 nitrogen and oxygen atoms in total. The van der Waals surface area contributed by atoms with Gasteiger partial charge in [0.2, 0.25) is 0 Å². The summed E-state index contributed by atoms with van der Waals surface area (Å²) in [5, 5.41) is 13.0. The first-order valence-corrected chi connectivity index (χ1v) is 14.7. The Morgan fingerprint density at radius 2 is 1.76 bits per heavy atom. The van der Waals surface area contributed by atoms with Crippen LogP contribution in [0.2, 0.25) is 0 Å². The number of anilines is 2. The molecular formula is C29H23F3N4O4S2. The normalized spacial score (nSPS) is 11.4. The Morgan fingerprint density at radius 3 is 2.48 bits per heavy atom. The number of benzene rings is 3. The number of phenolic OH excluding ortho intramolecular Hbond substituents is 1. The average Bonchev–Trinajstić information content (AvgIpc) is 3.37. The third kappa shape index (κ3) is 6.02. The van der Waals surface area contributed by atoms with Crippen molar-refractivity contribution in [1.29, 1.82) is 0 Å². The van der Waals surface area contributed by atoms with Gasteiger partial charge < -0.3 is 15.2 Å². The summed E-state index contributed by atoms with van der Waals surface area (Å²) in [5.41, 5.74) is 2.11. The third-order valence-electron chi connectivity index (χ3n) is 6.20. The zero-order valence-electron chi connectivity index (χ0n) is 22.2. The minimum atomic E-state index is -4.24. The molecule has 0 fully saturated rings. The van der Waals surface area contributed by atoms with Crippen LogP contribution >= 0.6 is 11.3 Å². The number of sulfonamides is 1. The summed E-state index contributed by atoms with van der Waals surface area (Å²) in [7, 11) is -2.79.